The lowest BCUT2D eigenvalue weighted by atomic mass is 10.1. The summed E-state index contributed by atoms with van der Waals surface area (Å²) in [6, 6.07) is 19.8. The van der Waals surface area contributed by atoms with Gasteiger partial charge in [-0.1, -0.05) is 52.3 Å². The first-order chi connectivity index (χ1) is 15.9. The van der Waals surface area contributed by atoms with Crippen molar-refractivity contribution in [2.24, 2.45) is 0 Å². The van der Waals surface area contributed by atoms with E-state index >= 15 is 0 Å². The number of ketones is 1. The third-order valence-electron chi connectivity index (χ3n) is 4.84. The first kappa shape index (κ1) is 22.9. The van der Waals surface area contributed by atoms with E-state index in [2.05, 4.69) is 15.9 Å². The summed E-state index contributed by atoms with van der Waals surface area (Å²) >= 11 is 4.11. The van der Waals surface area contributed by atoms with Crippen LogP contribution >= 0.6 is 27.7 Å². The van der Waals surface area contributed by atoms with Crippen LogP contribution in [-0.4, -0.2) is 28.4 Å². The molecule has 5 nitrogen and oxygen atoms in total. The molecule has 1 saturated heterocycles. The zero-order valence-corrected chi connectivity index (χ0v) is 19.6. The molecule has 0 aliphatic carbocycles. The highest BCUT2D eigenvalue weighted by atomic mass is 79.9. The Balaban J connectivity index is 1.38. The molecule has 0 unspecified atom stereocenters. The number of imide groups is 1. The van der Waals surface area contributed by atoms with Crippen LogP contribution in [0.15, 0.2) is 82.2 Å². The van der Waals surface area contributed by atoms with E-state index in [1.165, 1.54) is 12.1 Å². The van der Waals surface area contributed by atoms with Crippen molar-refractivity contribution in [3.8, 4) is 5.75 Å². The van der Waals surface area contributed by atoms with E-state index in [0.29, 0.717) is 23.5 Å². The maximum Gasteiger partial charge on any atom is 0.293 e. The van der Waals surface area contributed by atoms with Gasteiger partial charge in [-0.3, -0.25) is 19.3 Å². The topological polar surface area (TPSA) is 63.7 Å². The SMILES string of the molecule is O=C(CN1C(=O)S/C(=C\c2ccc(OCc3ccc(F)cc3)cc2)C1=O)c1ccc(Br)cc1. The predicted molar refractivity (Wildman–Crippen MR) is 128 cm³/mol. The van der Waals surface area contributed by atoms with Crippen LogP contribution < -0.4 is 4.74 Å². The van der Waals surface area contributed by atoms with Gasteiger partial charge in [-0.25, -0.2) is 4.39 Å². The number of carbonyl (C=O) groups excluding carboxylic acids is 3. The number of rotatable bonds is 7. The van der Waals surface area contributed by atoms with E-state index in [0.717, 1.165) is 26.7 Å². The van der Waals surface area contributed by atoms with E-state index in [1.807, 2.05) is 0 Å². The van der Waals surface area contributed by atoms with Crippen molar-refractivity contribution >= 4 is 50.7 Å². The standard InChI is InChI=1S/C25H17BrFNO4S/c26-19-7-5-18(6-8-19)22(29)14-28-24(30)23(33-25(28)31)13-16-3-11-21(12-4-16)32-15-17-1-9-20(27)10-2-17/h1-13H,14-15H2/b23-13-. The summed E-state index contributed by atoms with van der Waals surface area (Å²) in [7, 11) is 0. The van der Waals surface area contributed by atoms with Crippen molar-refractivity contribution in [3.63, 3.8) is 0 Å². The maximum atomic E-state index is 13.0. The minimum Gasteiger partial charge on any atom is -0.489 e. The highest BCUT2D eigenvalue weighted by Crippen LogP contribution is 2.32. The van der Waals surface area contributed by atoms with Gasteiger partial charge in [0.2, 0.25) is 0 Å². The summed E-state index contributed by atoms with van der Waals surface area (Å²) < 4.78 is 19.5. The smallest absolute Gasteiger partial charge is 0.293 e. The fourth-order valence-corrected chi connectivity index (χ4v) is 4.17. The molecule has 1 aliphatic heterocycles. The molecule has 0 aromatic heterocycles. The van der Waals surface area contributed by atoms with Crippen LogP contribution in [0.3, 0.4) is 0 Å². The Hall–Kier alpha value is -3.23. The first-order valence-electron chi connectivity index (χ1n) is 9.90. The van der Waals surface area contributed by atoms with Crippen molar-refractivity contribution in [3.05, 3.63) is 105 Å². The van der Waals surface area contributed by atoms with Crippen LogP contribution in [0.4, 0.5) is 9.18 Å². The van der Waals surface area contributed by atoms with Gasteiger partial charge in [0.1, 0.15) is 18.2 Å². The second-order valence-electron chi connectivity index (χ2n) is 7.18. The molecule has 3 aromatic rings. The van der Waals surface area contributed by atoms with Gasteiger partial charge >= 0.3 is 0 Å². The van der Waals surface area contributed by atoms with E-state index in [1.54, 1.807) is 66.7 Å². The number of benzene rings is 3. The summed E-state index contributed by atoms with van der Waals surface area (Å²) in [6.45, 7) is -0.00921. The van der Waals surface area contributed by atoms with E-state index in [9.17, 15) is 18.8 Å². The molecule has 166 valence electrons. The van der Waals surface area contributed by atoms with E-state index < -0.39 is 11.1 Å². The lowest BCUT2D eigenvalue weighted by molar-refractivity contribution is -0.122. The van der Waals surface area contributed by atoms with Gasteiger partial charge in [-0.05, 0) is 65.4 Å². The number of Topliss-reactive ketones (excluding diaryl/α,β-unsaturated/α-hetero) is 1. The predicted octanol–water partition coefficient (Wildman–Crippen LogP) is 6.09. The molecule has 0 saturated carbocycles. The molecule has 1 heterocycles. The Morgan fingerprint density at radius 1 is 0.970 bits per heavy atom. The zero-order chi connectivity index (χ0) is 23.4. The second-order valence-corrected chi connectivity index (χ2v) is 9.09. The Morgan fingerprint density at radius 3 is 2.30 bits per heavy atom. The van der Waals surface area contributed by atoms with Crippen LogP contribution in [-0.2, 0) is 11.4 Å². The summed E-state index contributed by atoms with van der Waals surface area (Å²) in [5, 5.41) is -0.476. The quantitative estimate of drug-likeness (QED) is 0.276. The summed E-state index contributed by atoms with van der Waals surface area (Å²) in [5.74, 6) is -0.490. The zero-order valence-electron chi connectivity index (χ0n) is 17.2. The number of amides is 2. The fourth-order valence-electron chi connectivity index (χ4n) is 3.07. The molecule has 0 radical (unpaired) electrons. The van der Waals surface area contributed by atoms with E-state index in [-0.39, 0.29) is 23.1 Å². The highest BCUT2D eigenvalue weighted by Gasteiger charge is 2.36. The third kappa shape index (κ3) is 5.77. The molecule has 0 spiro atoms. The Kier molecular flexibility index (Phi) is 7.05. The largest absolute Gasteiger partial charge is 0.489 e. The fraction of sp³-hybridized carbons (Fsp3) is 0.0800. The number of nitrogens with zero attached hydrogens (tertiary/aromatic N) is 1. The van der Waals surface area contributed by atoms with Gasteiger partial charge in [-0.2, -0.15) is 0 Å². The van der Waals surface area contributed by atoms with Gasteiger partial charge in [0.15, 0.2) is 5.78 Å². The molecule has 4 rings (SSSR count). The normalized spacial score (nSPS) is 14.7. The molecule has 1 aliphatic rings. The molecule has 2 amide bonds. The van der Waals surface area contributed by atoms with Crippen molar-refractivity contribution in [1.82, 2.24) is 4.90 Å². The van der Waals surface area contributed by atoms with Gasteiger partial charge in [0, 0.05) is 10.0 Å². The van der Waals surface area contributed by atoms with Crippen LogP contribution in [0.2, 0.25) is 0 Å². The van der Waals surface area contributed by atoms with E-state index in [4.69, 9.17) is 4.74 Å². The Morgan fingerprint density at radius 2 is 1.64 bits per heavy atom. The second kappa shape index (κ2) is 10.1. The molecule has 1 fully saturated rings. The lowest BCUT2D eigenvalue weighted by Crippen LogP contribution is -2.33. The molecule has 8 heteroatoms. The van der Waals surface area contributed by atoms with Gasteiger partial charge in [0.05, 0.1) is 11.4 Å². The Labute approximate surface area is 202 Å². The number of hydrogen-bond acceptors (Lipinski definition) is 5. The Bertz CT molecular complexity index is 1220. The maximum absolute atomic E-state index is 13.0. The third-order valence-corrected chi connectivity index (χ3v) is 6.27. The minimum absolute atomic E-state index is 0.253. The monoisotopic (exact) mass is 525 g/mol. The molecule has 0 N–H and O–H groups in total. The van der Waals surface area contributed by atoms with Gasteiger partial charge in [0.25, 0.3) is 11.1 Å². The lowest BCUT2D eigenvalue weighted by Gasteiger charge is -2.11. The van der Waals surface area contributed by atoms with Gasteiger partial charge < -0.3 is 4.74 Å². The summed E-state index contributed by atoms with van der Waals surface area (Å²) in [6.07, 6.45) is 1.61. The number of ether oxygens (including phenoxy) is 1. The van der Waals surface area contributed by atoms with Crippen molar-refractivity contribution in [1.29, 1.82) is 0 Å². The summed E-state index contributed by atoms with van der Waals surface area (Å²) in [4.78, 5) is 38.7. The van der Waals surface area contributed by atoms with Crippen molar-refractivity contribution in [2.45, 2.75) is 6.61 Å². The van der Waals surface area contributed by atoms with Crippen molar-refractivity contribution < 1.29 is 23.5 Å². The molecule has 0 atom stereocenters. The van der Waals surface area contributed by atoms with Crippen LogP contribution in [0.1, 0.15) is 21.5 Å². The molecule has 33 heavy (non-hydrogen) atoms. The molecular formula is C25H17BrFNO4S. The van der Waals surface area contributed by atoms with Crippen molar-refractivity contribution in [2.75, 3.05) is 6.54 Å². The van der Waals surface area contributed by atoms with Crippen LogP contribution in [0.25, 0.3) is 6.08 Å². The average molecular weight is 526 g/mol. The number of thioether (sulfide) groups is 1. The first-order valence-corrected chi connectivity index (χ1v) is 11.5. The number of halogens is 2. The number of carbonyl (C=O) groups is 3. The van der Waals surface area contributed by atoms with Gasteiger partial charge in [-0.15, -0.1) is 0 Å². The van der Waals surface area contributed by atoms with Crippen LogP contribution in [0.5, 0.6) is 5.75 Å². The minimum atomic E-state index is -0.493. The molecule has 0 bridgehead atoms. The van der Waals surface area contributed by atoms with Crippen LogP contribution in [0, 0.1) is 5.82 Å². The number of hydrogen-bond donors (Lipinski definition) is 0. The highest BCUT2D eigenvalue weighted by molar-refractivity contribution is 9.10. The summed E-state index contributed by atoms with van der Waals surface area (Å²) in [5.41, 5.74) is 1.98. The average Bonchev–Trinajstić information content (AvgIpc) is 3.07. The molecule has 3 aromatic carbocycles. The molecular weight excluding hydrogens is 509 g/mol.